The highest BCUT2D eigenvalue weighted by Crippen LogP contribution is 2.48. The molecule has 1 aliphatic carbocycles. The van der Waals surface area contributed by atoms with Crippen LogP contribution in [0.4, 0.5) is 0 Å². The molecule has 0 aromatic carbocycles. The summed E-state index contributed by atoms with van der Waals surface area (Å²) in [6.07, 6.45) is 8.53. The molecule has 1 fully saturated rings. The Bertz CT molecular complexity index is 272. The van der Waals surface area contributed by atoms with Crippen LogP contribution in [-0.2, 0) is 9.53 Å². The molecule has 1 aliphatic rings. The van der Waals surface area contributed by atoms with Crippen molar-refractivity contribution in [1.82, 2.24) is 5.32 Å². The van der Waals surface area contributed by atoms with Gasteiger partial charge in [0.25, 0.3) is 0 Å². The molecule has 0 heterocycles. The van der Waals surface area contributed by atoms with E-state index in [2.05, 4.69) is 12.2 Å². The number of carbonyl (C=O) groups excluding carboxylic acids is 1. The largest absolute Gasteiger partial charge is 0.385 e. The number of amides is 1. The number of hydrogen-bond donors (Lipinski definition) is 2. The van der Waals surface area contributed by atoms with Crippen molar-refractivity contribution in [3.63, 3.8) is 0 Å². The summed E-state index contributed by atoms with van der Waals surface area (Å²) < 4.78 is 5.13. The Hall–Kier alpha value is -0.610. The molecule has 1 amide bonds. The van der Waals surface area contributed by atoms with Gasteiger partial charge in [-0.3, -0.25) is 4.79 Å². The molecular weight excluding hydrogens is 252 g/mol. The van der Waals surface area contributed by atoms with Crippen molar-refractivity contribution in [2.75, 3.05) is 26.8 Å². The van der Waals surface area contributed by atoms with Crippen LogP contribution in [0.3, 0.4) is 0 Å². The number of ether oxygens (including phenoxy) is 1. The van der Waals surface area contributed by atoms with Gasteiger partial charge >= 0.3 is 0 Å². The Morgan fingerprint density at radius 3 is 2.65 bits per heavy atom. The van der Waals surface area contributed by atoms with Gasteiger partial charge in [0, 0.05) is 26.7 Å². The van der Waals surface area contributed by atoms with Crippen LogP contribution in [0.15, 0.2) is 0 Å². The fourth-order valence-corrected chi connectivity index (χ4v) is 2.80. The van der Waals surface area contributed by atoms with Crippen molar-refractivity contribution in [1.29, 1.82) is 0 Å². The van der Waals surface area contributed by atoms with Crippen LogP contribution in [0.25, 0.3) is 0 Å². The third kappa shape index (κ3) is 6.71. The number of rotatable bonds is 12. The third-order valence-electron chi connectivity index (χ3n) is 4.51. The summed E-state index contributed by atoms with van der Waals surface area (Å²) in [5.41, 5.74) is 5.96. The topological polar surface area (TPSA) is 64.4 Å². The standard InChI is InChI=1S/C16H32N2O2/c1-3-4-14(7-11-17)5-6-15(19)18-13-16(8-9-16)10-12-20-2/h14H,3-13,17H2,1-2H3,(H,18,19). The van der Waals surface area contributed by atoms with Crippen molar-refractivity contribution in [3.05, 3.63) is 0 Å². The molecular formula is C16H32N2O2. The van der Waals surface area contributed by atoms with Crippen molar-refractivity contribution in [2.45, 2.75) is 58.3 Å². The zero-order valence-corrected chi connectivity index (χ0v) is 13.2. The summed E-state index contributed by atoms with van der Waals surface area (Å²) in [5, 5.41) is 3.11. The minimum atomic E-state index is 0.201. The lowest BCUT2D eigenvalue weighted by atomic mass is 9.94. The molecule has 1 saturated carbocycles. The zero-order chi connectivity index (χ0) is 14.8. The maximum atomic E-state index is 11.9. The first kappa shape index (κ1) is 17.4. The second-order valence-corrected chi connectivity index (χ2v) is 6.29. The van der Waals surface area contributed by atoms with Gasteiger partial charge in [0.15, 0.2) is 0 Å². The molecule has 1 rings (SSSR count). The minimum Gasteiger partial charge on any atom is -0.385 e. The van der Waals surface area contributed by atoms with E-state index in [1.54, 1.807) is 7.11 Å². The van der Waals surface area contributed by atoms with E-state index < -0.39 is 0 Å². The third-order valence-corrected chi connectivity index (χ3v) is 4.51. The van der Waals surface area contributed by atoms with E-state index in [0.717, 1.165) is 39.0 Å². The first-order valence-electron chi connectivity index (χ1n) is 8.11. The number of carbonyl (C=O) groups is 1. The number of hydrogen-bond acceptors (Lipinski definition) is 3. The fourth-order valence-electron chi connectivity index (χ4n) is 2.80. The van der Waals surface area contributed by atoms with Gasteiger partial charge in [0.2, 0.25) is 5.91 Å². The summed E-state index contributed by atoms with van der Waals surface area (Å²) in [4.78, 5) is 11.9. The van der Waals surface area contributed by atoms with E-state index in [0.29, 0.717) is 17.8 Å². The van der Waals surface area contributed by atoms with Crippen LogP contribution in [0.5, 0.6) is 0 Å². The summed E-state index contributed by atoms with van der Waals surface area (Å²) >= 11 is 0. The van der Waals surface area contributed by atoms with E-state index in [1.165, 1.54) is 25.7 Å². The van der Waals surface area contributed by atoms with Crippen molar-refractivity contribution < 1.29 is 9.53 Å². The Labute approximate surface area is 123 Å². The van der Waals surface area contributed by atoms with Crippen molar-refractivity contribution in [3.8, 4) is 0 Å². The maximum Gasteiger partial charge on any atom is 0.220 e. The fraction of sp³-hybridized carbons (Fsp3) is 0.938. The molecule has 20 heavy (non-hydrogen) atoms. The van der Waals surface area contributed by atoms with E-state index in [4.69, 9.17) is 10.5 Å². The summed E-state index contributed by atoms with van der Waals surface area (Å²) in [7, 11) is 1.74. The number of nitrogens with two attached hydrogens (primary N) is 1. The second kappa shape index (κ2) is 9.35. The van der Waals surface area contributed by atoms with Crippen LogP contribution in [0.1, 0.15) is 58.3 Å². The maximum absolute atomic E-state index is 11.9. The first-order chi connectivity index (χ1) is 9.65. The lowest BCUT2D eigenvalue weighted by molar-refractivity contribution is -0.121. The molecule has 4 nitrogen and oxygen atoms in total. The molecule has 1 atom stereocenters. The quantitative estimate of drug-likeness (QED) is 0.578. The van der Waals surface area contributed by atoms with E-state index in [9.17, 15) is 4.79 Å². The van der Waals surface area contributed by atoms with Gasteiger partial charge in [-0.05, 0) is 50.0 Å². The molecule has 0 radical (unpaired) electrons. The molecule has 0 spiro atoms. The molecule has 0 aromatic heterocycles. The Kier molecular flexibility index (Phi) is 8.15. The van der Waals surface area contributed by atoms with Crippen molar-refractivity contribution in [2.24, 2.45) is 17.1 Å². The Morgan fingerprint density at radius 1 is 1.35 bits per heavy atom. The van der Waals surface area contributed by atoms with E-state index >= 15 is 0 Å². The lowest BCUT2D eigenvalue weighted by Gasteiger charge is -2.17. The zero-order valence-electron chi connectivity index (χ0n) is 13.2. The highest BCUT2D eigenvalue weighted by atomic mass is 16.5. The molecule has 118 valence electrons. The predicted octanol–water partition coefficient (Wildman–Crippen LogP) is 2.46. The van der Waals surface area contributed by atoms with Gasteiger partial charge in [-0.25, -0.2) is 0 Å². The van der Waals surface area contributed by atoms with Crippen LogP contribution in [-0.4, -0.2) is 32.7 Å². The first-order valence-corrected chi connectivity index (χ1v) is 8.11. The highest BCUT2D eigenvalue weighted by Gasteiger charge is 2.41. The number of methoxy groups -OCH3 is 1. The minimum absolute atomic E-state index is 0.201. The Balaban J connectivity index is 2.16. The average molecular weight is 284 g/mol. The lowest BCUT2D eigenvalue weighted by Crippen LogP contribution is -2.31. The van der Waals surface area contributed by atoms with Gasteiger partial charge in [-0.15, -0.1) is 0 Å². The van der Waals surface area contributed by atoms with Crippen molar-refractivity contribution >= 4 is 5.91 Å². The molecule has 4 heteroatoms. The smallest absolute Gasteiger partial charge is 0.220 e. The SMILES string of the molecule is CCCC(CCN)CCC(=O)NCC1(CCOC)CC1. The van der Waals surface area contributed by atoms with Crippen LogP contribution >= 0.6 is 0 Å². The summed E-state index contributed by atoms with van der Waals surface area (Å²) in [6.45, 7) is 4.54. The van der Waals surface area contributed by atoms with Crippen LogP contribution in [0, 0.1) is 11.3 Å². The molecule has 1 unspecified atom stereocenters. The summed E-state index contributed by atoms with van der Waals surface area (Å²) in [6, 6.07) is 0. The van der Waals surface area contributed by atoms with Gasteiger partial charge < -0.3 is 15.8 Å². The van der Waals surface area contributed by atoms with Crippen LogP contribution in [0.2, 0.25) is 0 Å². The normalized spacial score (nSPS) is 17.8. The predicted molar refractivity (Wildman–Crippen MR) is 82.5 cm³/mol. The molecule has 0 aliphatic heterocycles. The number of nitrogens with one attached hydrogen (secondary N) is 1. The molecule has 3 N–H and O–H groups in total. The van der Waals surface area contributed by atoms with Gasteiger partial charge in [-0.1, -0.05) is 19.8 Å². The molecule has 0 saturated heterocycles. The second-order valence-electron chi connectivity index (χ2n) is 6.29. The van der Waals surface area contributed by atoms with Gasteiger partial charge in [0.05, 0.1) is 0 Å². The monoisotopic (exact) mass is 284 g/mol. The van der Waals surface area contributed by atoms with E-state index in [1.807, 2.05) is 0 Å². The molecule has 0 bridgehead atoms. The summed E-state index contributed by atoms with van der Waals surface area (Å²) in [5.74, 6) is 0.811. The highest BCUT2D eigenvalue weighted by molar-refractivity contribution is 5.75. The molecule has 0 aromatic rings. The average Bonchev–Trinajstić information content (AvgIpc) is 3.21. The van der Waals surface area contributed by atoms with Crippen LogP contribution < -0.4 is 11.1 Å². The Morgan fingerprint density at radius 2 is 2.10 bits per heavy atom. The van der Waals surface area contributed by atoms with Gasteiger partial charge in [0.1, 0.15) is 0 Å². The van der Waals surface area contributed by atoms with E-state index in [-0.39, 0.29) is 5.91 Å². The van der Waals surface area contributed by atoms with Gasteiger partial charge in [-0.2, -0.15) is 0 Å².